The van der Waals surface area contributed by atoms with Crippen molar-refractivity contribution in [3.8, 4) is 5.75 Å². The molecule has 1 amide bonds. The number of carbonyl (C=O) groups is 2. The smallest absolute Gasteiger partial charge is 0.329 e. The van der Waals surface area contributed by atoms with Gasteiger partial charge in [0.05, 0.1) is 13.0 Å². The molecule has 0 heterocycles. The van der Waals surface area contributed by atoms with Gasteiger partial charge in [0.25, 0.3) is 0 Å². The number of carboxylic acids is 1. The average molecular weight is 293 g/mol. The second kappa shape index (κ2) is 7.67. The van der Waals surface area contributed by atoms with Crippen LogP contribution in [0, 0.1) is 6.92 Å². The lowest BCUT2D eigenvalue weighted by atomic mass is 9.96. The third-order valence-electron chi connectivity index (χ3n) is 3.26. The van der Waals surface area contributed by atoms with E-state index in [0.717, 1.165) is 5.56 Å². The van der Waals surface area contributed by atoms with E-state index in [9.17, 15) is 14.7 Å². The predicted octanol–water partition coefficient (Wildman–Crippen LogP) is 2.52. The highest BCUT2D eigenvalue weighted by atomic mass is 16.5. The standard InChI is InChI=1S/C16H23NO4/c1-4-10-16(3,15(19)20)17-14(18)9-11-21-13-7-5-12(2)6-8-13/h5-8H,4,9-11H2,1-3H3,(H,17,18)(H,19,20). The zero-order valence-corrected chi connectivity index (χ0v) is 12.8. The fourth-order valence-corrected chi connectivity index (χ4v) is 1.99. The summed E-state index contributed by atoms with van der Waals surface area (Å²) in [7, 11) is 0. The van der Waals surface area contributed by atoms with Crippen molar-refractivity contribution in [3.05, 3.63) is 29.8 Å². The molecule has 116 valence electrons. The second-order valence-electron chi connectivity index (χ2n) is 5.35. The van der Waals surface area contributed by atoms with Crippen molar-refractivity contribution in [2.75, 3.05) is 6.61 Å². The zero-order valence-electron chi connectivity index (χ0n) is 12.8. The third-order valence-corrected chi connectivity index (χ3v) is 3.26. The van der Waals surface area contributed by atoms with Crippen LogP contribution >= 0.6 is 0 Å². The zero-order chi connectivity index (χ0) is 15.9. The highest BCUT2D eigenvalue weighted by Gasteiger charge is 2.33. The summed E-state index contributed by atoms with van der Waals surface area (Å²) in [5.74, 6) is -0.638. The molecule has 1 rings (SSSR count). The molecular formula is C16H23NO4. The lowest BCUT2D eigenvalue weighted by molar-refractivity contribution is -0.147. The summed E-state index contributed by atoms with van der Waals surface area (Å²) in [6.07, 6.45) is 1.20. The van der Waals surface area contributed by atoms with Gasteiger partial charge in [-0.15, -0.1) is 0 Å². The molecule has 0 bridgehead atoms. The summed E-state index contributed by atoms with van der Waals surface area (Å²) in [6, 6.07) is 7.54. The summed E-state index contributed by atoms with van der Waals surface area (Å²) >= 11 is 0. The van der Waals surface area contributed by atoms with Crippen molar-refractivity contribution < 1.29 is 19.4 Å². The number of benzene rings is 1. The molecule has 1 atom stereocenters. The van der Waals surface area contributed by atoms with Crippen LogP contribution in [0.1, 0.15) is 38.7 Å². The number of amides is 1. The van der Waals surface area contributed by atoms with Crippen LogP contribution in [0.5, 0.6) is 5.75 Å². The molecule has 0 aromatic heterocycles. The Morgan fingerprint density at radius 2 is 1.90 bits per heavy atom. The van der Waals surface area contributed by atoms with Crippen LogP contribution in [-0.2, 0) is 9.59 Å². The molecule has 5 heteroatoms. The highest BCUT2D eigenvalue weighted by Crippen LogP contribution is 2.14. The van der Waals surface area contributed by atoms with Gasteiger partial charge in [-0.1, -0.05) is 31.0 Å². The Bertz CT molecular complexity index is 484. The molecule has 2 N–H and O–H groups in total. The van der Waals surface area contributed by atoms with Gasteiger partial charge in [-0.3, -0.25) is 4.79 Å². The molecule has 0 saturated carbocycles. The Morgan fingerprint density at radius 1 is 1.29 bits per heavy atom. The Labute approximate surface area is 125 Å². The number of nitrogens with one attached hydrogen (secondary N) is 1. The minimum Gasteiger partial charge on any atom is -0.493 e. The maximum Gasteiger partial charge on any atom is 0.329 e. The van der Waals surface area contributed by atoms with Gasteiger partial charge < -0.3 is 15.2 Å². The molecule has 0 saturated heterocycles. The number of carbonyl (C=O) groups excluding carboxylic acids is 1. The Balaban J connectivity index is 2.43. The molecule has 0 aliphatic heterocycles. The largest absolute Gasteiger partial charge is 0.493 e. The van der Waals surface area contributed by atoms with Gasteiger partial charge in [0.15, 0.2) is 0 Å². The first kappa shape index (κ1) is 17.0. The predicted molar refractivity (Wildman–Crippen MR) is 80.4 cm³/mol. The number of hydrogen-bond donors (Lipinski definition) is 2. The van der Waals surface area contributed by atoms with E-state index in [2.05, 4.69) is 5.32 Å². The fraction of sp³-hybridized carbons (Fsp3) is 0.500. The van der Waals surface area contributed by atoms with E-state index >= 15 is 0 Å². The van der Waals surface area contributed by atoms with Gasteiger partial charge in [0.2, 0.25) is 5.91 Å². The van der Waals surface area contributed by atoms with E-state index < -0.39 is 11.5 Å². The molecule has 0 fully saturated rings. The van der Waals surface area contributed by atoms with Crippen LogP contribution in [0.4, 0.5) is 0 Å². The van der Waals surface area contributed by atoms with Crippen molar-refractivity contribution in [2.24, 2.45) is 0 Å². The van der Waals surface area contributed by atoms with Gasteiger partial charge >= 0.3 is 5.97 Å². The van der Waals surface area contributed by atoms with E-state index in [1.54, 1.807) is 0 Å². The first-order valence-electron chi connectivity index (χ1n) is 7.11. The summed E-state index contributed by atoms with van der Waals surface area (Å²) in [5, 5.41) is 11.8. The van der Waals surface area contributed by atoms with Gasteiger partial charge in [0, 0.05) is 0 Å². The van der Waals surface area contributed by atoms with Gasteiger partial charge in [0.1, 0.15) is 11.3 Å². The Hall–Kier alpha value is -2.04. The van der Waals surface area contributed by atoms with Crippen LogP contribution in [0.25, 0.3) is 0 Å². The molecular weight excluding hydrogens is 270 g/mol. The van der Waals surface area contributed by atoms with Crippen LogP contribution < -0.4 is 10.1 Å². The summed E-state index contributed by atoms with van der Waals surface area (Å²) in [5.41, 5.74) is -0.0766. The number of rotatable bonds is 8. The van der Waals surface area contributed by atoms with Crippen LogP contribution in [0.3, 0.4) is 0 Å². The minimum absolute atomic E-state index is 0.125. The maximum atomic E-state index is 11.8. The van der Waals surface area contributed by atoms with Crippen molar-refractivity contribution in [2.45, 2.75) is 45.6 Å². The molecule has 21 heavy (non-hydrogen) atoms. The first-order valence-corrected chi connectivity index (χ1v) is 7.11. The van der Waals surface area contributed by atoms with E-state index in [-0.39, 0.29) is 18.9 Å². The lowest BCUT2D eigenvalue weighted by Crippen LogP contribution is -2.52. The van der Waals surface area contributed by atoms with Crippen molar-refractivity contribution in [1.82, 2.24) is 5.32 Å². The van der Waals surface area contributed by atoms with E-state index in [4.69, 9.17) is 4.74 Å². The van der Waals surface area contributed by atoms with Crippen molar-refractivity contribution in [1.29, 1.82) is 0 Å². The van der Waals surface area contributed by atoms with E-state index in [1.807, 2.05) is 38.1 Å². The van der Waals surface area contributed by atoms with E-state index in [1.165, 1.54) is 6.92 Å². The van der Waals surface area contributed by atoms with Crippen molar-refractivity contribution in [3.63, 3.8) is 0 Å². The summed E-state index contributed by atoms with van der Waals surface area (Å²) in [4.78, 5) is 23.1. The number of hydrogen-bond acceptors (Lipinski definition) is 3. The molecule has 0 aliphatic rings. The minimum atomic E-state index is -1.21. The summed E-state index contributed by atoms with van der Waals surface area (Å²) in [6.45, 7) is 5.61. The van der Waals surface area contributed by atoms with Crippen molar-refractivity contribution >= 4 is 11.9 Å². The monoisotopic (exact) mass is 293 g/mol. The maximum absolute atomic E-state index is 11.8. The lowest BCUT2D eigenvalue weighted by Gasteiger charge is -2.25. The molecule has 1 aromatic rings. The van der Waals surface area contributed by atoms with Crippen LogP contribution in [0.15, 0.2) is 24.3 Å². The van der Waals surface area contributed by atoms with Crippen LogP contribution in [-0.4, -0.2) is 29.1 Å². The number of ether oxygens (including phenoxy) is 1. The van der Waals surface area contributed by atoms with Gasteiger partial charge in [-0.2, -0.15) is 0 Å². The Kier molecular flexibility index (Phi) is 6.21. The average Bonchev–Trinajstić information content (AvgIpc) is 2.41. The molecule has 1 unspecified atom stereocenters. The van der Waals surface area contributed by atoms with Crippen LogP contribution in [0.2, 0.25) is 0 Å². The number of aliphatic carboxylic acids is 1. The first-order chi connectivity index (χ1) is 9.87. The van der Waals surface area contributed by atoms with Gasteiger partial charge in [-0.05, 0) is 32.4 Å². The number of carboxylic acid groups (broad SMARTS) is 1. The van der Waals surface area contributed by atoms with E-state index in [0.29, 0.717) is 18.6 Å². The van der Waals surface area contributed by atoms with Gasteiger partial charge in [-0.25, -0.2) is 4.79 Å². The molecule has 0 spiro atoms. The quantitative estimate of drug-likeness (QED) is 0.772. The molecule has 5 nitrogen and oxygen atoms in total. The normalized spacial score (nSPS) is 13.3. The third kappa shape index (κ3) is 5.45. The fourth-order valence-electron chi connectivity index (χ4n) is 1.99. The summed E-state index contributed by atoms with van der Waals surface area (Å²) < 4.78 is 5.46. The molecule has 1 aromatic carbocycles. The molecule has 0 aliphatic carbocycles. The Morgan fingerprint density at radius 3 is 2.43 bits per heavy atom. The second-order valence-corrected chi connectivity index (χ2v) is 5.35. The highest BCUT2D eigenvalue weighted by molar-refractivity contribution is 5.86. The topological polar surface area (TPSA) is 75.6 Å². The number of aryl methyl sites for hydroxylation is 1. The SMILES string of the molecule is CCCC(C)(NC(=O)CCOc1ccc(C)cc1)C(=O)O. The molecule has 0 radical (unpaired) electrons.